The molecular formula is C12H13N3O2. The normalized spacial score (nSPS) is 9.94. The number of nitrogens with one attached hydrogen (secondary N) is 2. The number of carbonyl (C=O) groups excluding carboxylic acids is 1. The van der Waals surface area contributed by atoms with Crippen molar-refractivity contribution >= 4 is 11.9 Å². The molecule has 0 bridgehead atoms. The average molecular weight is 231 g/mol. The van der Waals surface area contributed by atoms with Crippen LogP contribution >= 0.6 is 0 Å². The minimum absolute atomic E-state index is 0.502. The van der Waals surface area contributed by atoms with Gasteiger partial charge < -0.3 is 4.74 Å². The van der Waals surface area contributed by atoms with E-state index in [1.807, 2.05) is 13.0 Å². The minimum Gasteiger partial charge on any atom is -0.410 e. The molecule has 88 valence electrons. The topological polar surface area (TPSA) is 67.0 Å². The molecule has 0 fully saturated rings. The second-order valence-electron chi connectivity index (χ2n) is 3.45. The summed E-state index contributed by atoms with van der Waals surface area (Å²) in [5.74, 6) is 1.08. The fourth-order valence-corrected chi connectivity index (χ4v) is 1.41. The van der Waals surface area contributed by atoms with Crippen molar-refractivity contribution in [3.63, 3.8) is 0 Å². The van der Waals surface area contributed by atoms with Gasteiger partial charge in [-0.1, -0.05) is 25.1 Å². The Bertz CT molecular complexity index is 493. The SMILES string of the molecule is CCc1cn[nH]c1NC(=O)Oc1ccccc1. The number of anilines is 1. The van der Waals surface area contributed by atoms with Crippen molar-refractivity contribution in [2.75, 3.05) is 5.32 Å². The summed E-state index contributed by atoms with van der Waals surface area (Å²) in [6, 6.07) is 8.89. The molecule has 0 saturated heterocycles. The van der Waals surface area contributed by atoms with Gasteiger partial charge in [-0.05, 0) is 18.6 Å². The Labute approximate surface area is 98.8 Å². The maximum Gasteiger partial charge on any atom is 0.418 e. The summed E-state index contributed by atoms with van der Waals surface area (Å²) in [6.07, 6.45) is 1.94. The van der Waals surface area contributed by atoms with Gasteiger partial charge in [0.2, 0.25) is 0 Å². The van der Waals surface area contributed by atoms with E-state index in [0.717, 1.165) is 12.0 Å². The molecule has 1 amide bonds. The highest BCUT2D eigenvalue weighted by atomic mass is 16.6. The van der Waals surface area contributed by atoms with E-state index in [9.17, 15) is 4.79 Å². The summed E-state index contributed by atoms with van der Waals surface area (Å²) in [6.45, 7) is 1.98. The minimum atomic E-state index is -0.532. The van der Waals surface area contributed by atoms with Crippen LogP contribution in [0.5, 0.6) is 5.75 Å². The van der Waals surface area contributed by atoms with Gasteiger partial charge in [0, 0.05) is 5.56 Å². The zero-order valence-corrected chi connectivity index (χ0v) is 9.43. The first-order valence-corrected chi connectivity index (χ1v) is 5.35. The van der Waals surface area contributed by atoms with Crippen LogP contribution in [0.1, 0.15) is 12.5 Å². The van der Waals surface area contributed by atoms with E-state index < -0.39 is 6.09 Å². The van der Waals surface area contributed by atoms with Gasteiger partial charge in [-0.15, -0.1) is 0 Å². The lowest BCUT2D eigenvalue weighted by molar-refractivity contribution is 0.215. The Hall–Kier alpha value is -2.30. The van der Waals surface area contributed by atoms with Crippen LogP contribution in [0.15, 0.2) is 36.5 Å². The second-order valence-corrected chi connectivity index (χ2v) is 3.45. The highest BCUT2D eigenvalue weighted by Crippen LogP contribution is 2.13. The quantitative estimate of drug-likeness (QED) is 0.853. The van der Waals surface area contributed by atoms with Gasteiger partial charge in [-0.25, -0.2) is 4.79 Å². The van der Waals surface area contributed by atoms with Crippen molar-refractivity contribution in [1.82, 2.24) is 10.2 Å². The van der Waals surface area contributed by atoms with Crippen LogP contribution in [0.4, 0.5) is 10.6 Å². The molecule has 0 saturated carbocycles. The molecule has 17 heavy (non-hydrogen) atoms. The van der Waals surface area contributed by atoms with Crippen molar-refractivity contribution in [3.8, 4) is 5.75 Å². The Morgan fingerprint density at radius 3 is 2.88 bits per heavy atom. The van der Waals surface area contributed by atoms with E-state index in [2.05, 4.69) is 15.5 Å². The first kappa shape index (κ1) is 11.2. The van der Waals surface area contributed by atoms with Crippen LogP contribution in [0.25, 0.3) is 0 Å². The number of benzene rings is 1. The first-order chi connectivity index (χ1) is 8.29. The van der Waals surface area contributed by atoms with Crippen LogP contribution in [-0.2, 0) is 6.42 Å². The lowest BCUT2D eigenvalue weighted by Crippen LogP contribution is -2.17. The number of nitrogens with zero attached hydrogens (tertiary/aromatic N) is 1. The van der Waals surface area contributed by atoms with Crippen molar-refractivity contribution in [2.45, 2.75) is 13.3 Å². The predicted octanol–water partition coefficient (Wildman–Crippen LogP) is 2.58. The summed E-state index contributed by atoms with van der Waals surface area (Å²) in [4.78, 5) is 11.6. The van der Waals surface area contributed by atoms with Gasteiger partial charge in [0.25, 0.3) is 0 Å². The van der Waals surface area contributed by atoms with Gasteiger partial charge in [-0.2, -0.15) is 5.10 Å². The van der Waals surface area contributed by atoms with Crippen LogP contribution in [0.3, 0.4) is 0 Å². The number of hydrogen-bond acceptors (Lipinski definition) is 3. The molecule has 1 aromatic carbocycles. The zero-order chi connectivity index (χ0) is 12.1. The van der Waals surface area contributed by atoms with Crippen LogP contribution < -0.4 is 10.1 Å². The van der Waals surface area contributed by atoms with Crippen LogP contribution in [-0.4, -0.2) is 16.3 Å². The maximum absolute atomic E-state index is 11.6. The Balaban J connectivity index is 1.98. The van der Waals surface area contributed by atoms with Gasteiger partial charge in [0.05, 0.1) is 6.20 Å². The number of ether oxygens (including phenoxy) is 1. The van der Waals surface area contributed by atoms with E-state index in [1.54, 1.807) is 30.5 Å². The highest BCUT2D eigenvalue weighted by Gasteiger charge is 2.09. The molecule has 0 spiro atoms. The summed E-state index contributed by atoms with van der Waals surface area (Å²) in [5, 5.41) is 9.18. The van der Waals surface area contributed by atoms with Crippen LogP contribution in [0, 0.1) is 0 Å². The number of hydrogen-bond donors (Lipinski definition) is 2. The number of amides is 1. The molecule has 2 N–H and O–H groups in total. The lowest BCUT2D eigenvalue weighted by Gasteiger charge is -2.05. The largest absolute Gasteiger partial charge is 0.418 e. The molecule has 5 nitrogen and oxygen atoms in total. The fourth-order valence-electron chi connectivity index (χ4n) is 1.41. The number of aromatic nitrogens is 2. The van der Waals surface area contributed by atoms with Gasteiger partial charge in [0.15, 0.2) is 0 Å². The van der Waals surface area contributed by atoms with Gasteiger partial charge >= 0.3 is 6.09 Å². The smallest absolute Gasteiger partial charge is 0.410 e. The molecular weight excluding hydrogens is 218 g/mol. The van der Waals surface area contributed by atoms with Crippen molar-refractivity contribution in [1.29, 1.82) is 0 Å². The molecule has 1 heterocycles. The molecule has 0 aliphatic rings. The monoisotopic (exact) mass is 231 g/mol. The molecule has 0 radical (unpaired) electrons. The fraction of sp³-hybridized carbons (Fsp3) is 0.167. The van der Waals surface area contributed by atoms with Gasteiger partial charge in [-0.3, -0.25) is 10.4 Å². The number of aryl methyl sites for hydroxylation is 1. The van der Waals surface area contributed by atoms with E-state index in [-0.39, 0.29) is 0 Å². The average Bonchev–Trinajstić information content (AvgIpc) is 2.77. The Morgan fingerprint density at radius 1 is 1.41 bits per heavy atom. The van der Waals surface area contributed by atoms with Gasteiger partial charge in [0.1, 0.15) is 11.6 Å². The number of rotatable bonds is 3. The summed E-state index contributed by atoms with van der Waals surface area (Å²) >= 11 is 0. The summed E-state index contributed by atoms with van der Waals surface area (Å²) in [7, 11) is 0. The van der Waals surface area contributed by atoms with Crippen molar-refractivity contribution in [2.24, 2.45) is 0 Å². The Kier molecular flexibility index (Phi) is 3.40. The summed E-state index contributed by atoms with van der Waals surface area (Å²) in [5.41, 5.74) is 0.940. The third-order valence-corrected chi connectivity index (χ3v) is 2.28. The third kappa shape index (κ3) is 2.84. The molecule has 0 aliphatic carbocycles. The molecule has 2 rings (SSSR count). The maximum atomic E-state index is 11.6. The standard InChI is InChI=1S/C12H13N3O2/c1-2-9-8-13-15-11(9)14-12(16)17-10-6-4-3-5-7-10/h3-8H,2H2,1H3,(H2,13,14,15,16). The second kappa shape index (κ2) is 5.16. The zero-order valence-electron chi connectivity index (χ0n) is 9.43. The molecule has 1 aromatic heterocycles. The van der Waals surface area contributed by atoms with E-state index in [4.69, 9.17) is 4.74 Å². The molecule has 0 atom stereocenters. The molecule has 2 aromatic rings. The number of H-pyrrole nitrogens is 1. The van der Waals surface area contributed by atoms with Crippen molar-refractivity contribution < 1.29 is 9.53 Å². The van der Waals surface area contributed by atoms with E-state index in [1.165, 1.54) is 0 Å². The third-order valence-electron chi connectivity index (χ3n) is 2.28. The van der Waals surface area contributed by atoms with E-state index >= 15 is 0 Å². The molecule has 0 aliphatic heterocycles. The van der Waals surface area contributed by atoms with E-state index in [0.29, 0.717) is 11.6 Å². The van der Waals surface area contributed by atoms with Crippen molar-refractivity contribution in [3.05, 3.63) is 42.1 Å². The lowest BCUT2D eigenvalue weighted by atomic mass is 10.2. The highest BCUT2D eigenvalue weighted by molar-refractivity contribution is 5.85. The Morgan fingerprint density at radius 2 is 2.18 bits per heavy atom. The summed E-state index contributed by atoms with van der Waals surface area (Å²) < 4.78 is 5.09. The number of para-hydroxylation sites is 1. The molecule has 0 unspecified atom stereocenters. The predicted molar refractivity (Wildman–Crippen MR) is 64.1 cm³/mol. The number of carbonyl (C=O) groups is 1. The van der Waals surface area contributed by atoms with Crippen LogP contribution in [0.2, 0.25) is 0 Å². The molecule has 5 heteroatoms. The number of aromatic amines is 1. The first-order valence-electron chi connectivity index (χ1n) is 5.35.